The zero-order chi connectivity index (χ0) is 24.7. The second-order valence-corrected chi connectivity index (χ2v) is 11.1. The second-order valence-electron chi connectivity index (χ2n) is 9.89. The monoisotopic (exact) mass is 486 g/mol. The van der Waals surface area contributed by atoms with Crippen LogP contribution in [0.25, 0.3) is 17.1 Å². The van der Waals surface area contributed by atoms with Gasteiger partial charge in [0.05, 0.1) is 40.2 Å². The van der Waals surface area contributed by atoms with Gasteiger partial charge in [-0.15, -0.1) is 0 Å². The van der Waals surface area contributed by atoms with E-state index in [2.05, 4.69) is 66.6 Å². The Morgan fingerprint density at radius 1 is 1.00 bits per heavy atom. The van der Waals surface area contributed by atoms with Crippen molar-refractivity contribution < 1.29 is 3.89 Å². The van der Waals surface area contributed by atoms with Gasteiger partial charge in [0.15, 0.2) is 0 Å². The number of benzene rings is 2. The number of fused-ring (bicyclic) bond motifs is 1. The lowest BCUT2D eigenvalue weighted by molar-refractivity contribution is 0.702. The van der Waals surface area contributed by atoms with Crippen LogP contribution in [0.1, 0.15) is 48.2 Å². The zero-order valence-corrected chi connectivity index (χ0v) is 21.8. The first-order valence-corrected chi connectivity index (χ1v) is 12.8. The van der Waals surface area contributed by atoms with Gasteiger partial charge in [-0.05, 0) is 76.3 Å². The average molecular weight is 487 g/mol. The van der Waals surface area contributed by atoms with Crippen molar-refractivity contribution in [1.82, 2.24) is 14.5 Å². The third-order valence-electron chi connectivity index (χ3n) is 6.83. The van der Waals surface area contributed by atoms with Crippen LogP contribution in [-0.2, 0) is 11.2 Å². The molecule has 6 heteroatoms. The van der Waals surface area contributed by atoms with Crippen LogP contribution in [-0.4, -0.2) is 21.1 Å². The lowest BCUT2D eigenvalue weighted by atomic mass is 9.91. The molecule has 4 nitrogen and oxygen atoms in total. The Labute approximate surface area is 211 Å². The van der Waals surface area contributed by atoms with Gasteiger partial charge in [0.25, 0.3) is 0 Å². The molecule has 180 valence electrons. The number of rotatable bonds is 5. The van der Waals surface area contributed by atoms with Crippen LogP contribution >= 0.6 is 12.1 Å². The fourth-order valence-electron chi connectivity index (χ4n) is 5.39. The Kier molecular flexibility index (Phi) is 6.18. The first-order valence-electron chi connectivity index (χ1n) is 12.1. The topological polar surface area (TPSA) is 34.0 Å². The molecule has 0 amide bonds. The summed E-state index contributed by atoms with van der Waals surface area (Å²) in [5.41, 5.74) is 9.80. The molecular weight excluding hydrogens is 455 g/mol. The van der Waals surface area contributed by atoms with Crippen molar-refractivity contribution in [3.8, 4) is 17.1 Å². The summed E-state index contributed by atoms with van der Waals surface area (Å²) in [6.07, 6.45) is 7.68. The minimum absolute atomic E-state index is 0.336. The van der Waals surface area contributed by atoms with E-state index in [0.29, 0.717) is 12.1 Å². The quantitative estimate of drug-likeness (QED) is 0.288. The van der Waals surface area contributed by atoms with Crippen LogP contribution in [0.15, 0.2) is 61.1 Å². The number of aryl methyl sites for hydroxylation is 3. The van der Waals surface area contributed by atoms with E-state index >= 15 is 0 Å². The third-order valence-corrected chi connectivity index (χ3v) is 7.41. The standard InChI is InChI=1S/C29H31FN4S/c1-19-16-20(2)26(21(3)17-19)34-15-13-31-28(34)25-23-12-9-14-33(22-10-7-6-8-11-22)24(23)18-32-27(25)29(4,5)35-30/h6-8,10-11,13,15-18H,9,12,14H2,1-5H3. The number of nitrogens with zero attached hydrogens (tertiary/aromatic N) is 4. The first-order chi connectivity index (χ1) is 16.8. The normalized spacial score (nSPS) is 13.7. The summed E-state index contributed by atoms with van der Waals surface area (Å²) in [7, 11) is 0. The average Bonchev–Trinajstić information content (AvgIpc) is 3.31. The second kappa shape index (κ2) is 9.15. The molecule has 0 saturated carbocycles. The number of hydrogen-bond donors (Lipinski definition) is 0. The SMILES string of the molecule is Cc1cc(C)c(-n2ccnc2-c2c(C(C)(C)SF)ncc3c2CCCN3c2ccccc2)c(C)c1. The summed E-state index contributed by atoms with van der Waals surface area (Å²) in [6.45, 7) is 11.1. The number of para-hydroxylation sites is 1. The minimum atomic E-state index is -0.812. The molecule has 0 spiro atoms. The number of imidazole rings is 1. The van der Waals surface area contributed by atoms with E-state index < -0.39 is 4.75 Å². The van der Waals surface area contributed by atoms with Crippen LogP contribution < -0.4 is 4.90 Å². The van der Waals surface area contributed by atoms with Gasteiger partial charge >= 0.3 is 0 Å². The molecule has 0 fully saturated rings. The molecule has 3 heterocycles. The Balaban J connectivity index is 1.79. The Bertz CT molecular complexity index is 1350. The molecule has 0 bridgehead atoms. The van der Waals surface area contributed by atoms with Crippen molar-refractivity contribution >= 4 is 23.5 Å². The molecule has 0 unspecified atom stereocenters. The Morgan fingerprint density at radius 3 is 2.40 bits per heavy atom. The van der Waals surface area contributed by atoms with E-state index in [1.165, 1.54) is 22.3 Å². The number of aromatic nitrogens is 3. The molecule has 5 rings (SSSR count). The van der Waals surface area contributed by atoms with Crippen LogP contribution in [0, 0.1) is 20.8 Å². The van der Waals surface area contributed by atoms with Gasteiger partial charge in [-0.25, -0.2) is 4.98 Å². The third kappa shape index (κ3) is 4.14. The predicted molar refractivity (Wildman–Crippen MR) is 144 cm³/mol. The van der Waals surface area contributed by atoms with Gasteiger partial charge in [0.2, 0.25) is 0 Å². The summed E-state index contributed by atoms with van der Waals surface area (Å²) < 4.78 is 15.6. The molecule has 0 radical (unpaired) electrons. The molecule has 0 saturated heterocycles. The molecule has 0 aliphatic carbocycles. The fraction of sp³-hybridized carbons (Fsp3) is 0.310. The molecular formula is C29H31FN4S. The summed E-state index contributed by atoms with van der Waals surface area (Å²) in [5.74, 6) is 0.816. The summed E-state index contributed by atoms with van der Waals surface area (Å²) in [6, 6.07) is 14.8. The van der Waals surface area contributed by atoms with Gasteiger partial charge in [-0.3, -0.25) is 9.55 Å². The predicted octanol–water partition coefficient (Wildman–Crippen LogP) is 7.80. The first kappa shape index (κ1) is 23.6. The maximum atomic E-state index is 14.3. The van der Waals surface area contributed by atoms with E-state index in [-0.39, 0.29) is 0 Å². The number of halogens is 1. The van der Waals surface area contributed by atoms with Crippen molar-refractivity contribution in [1.29, 1.82) is 0 Å². The highest BCUT2D eigenvalue weighted by Gasteiger charge is 2.34. The lowest BCUT2D eigenvalue weighted by Gasteiger charge is -2.34. The van der Waals surface area contributed by atoms with Crippen LogP contribution in [0.5, 0.6) is 0 Å². The molecule has 2 aromatic heterocycles. The van der Waals surface area contributed by atoms with E-state index in [4.69, 9.17) is 9.97 Å². The molecule has 0 atom stereocenters. The van der Waals surface area contributed by atoms with E-state index in [9.17, 15) is 3.89 Å². The smallest absolute Gasteiger partial charge is 0.146 e. The molecule has 4 aromatic rings. The van der Waals surface area contributed by atoms with Crippen molar-refractivity contribution in [3.63, 3.8) is 0 Å². The Morgan fingerprint density at radius 2 is 1.71 bits per heavy atom. The fourth-order valence-corrected chi connectivity index (χ4v) is 5.62. The summed E-state index contributed by atoms with van der Waals surface area (Å²) in [4.78, 5) is 12.1. The highest BCUT2D eigenvalue weighted by Crippen LogP contribution is 2.46. The highest BCUT2D eigenvalue weighted by atomic mass is 32.2. The number of anilines is 2. The largest absolute Gasteiger partial charge is 0.340 e. The van der Waals surface area contributed by atoms with Crippen LogP contribution in [0.3, 0.4) is 0 Å². The molecule has 1 aliphatic rings. The van der Waals surface area contributed by atoms with Gasteiger partial charge in [-0.2, -0.15) is 3.89 Å². The van der Waals surface area contributed by atoms with E-state index in [0.717, 1.165) is 53.5 Å². The number of pyridine rings is 1. The minimum Gasteiger partial charge on any atom is -0.340 e. The number of hydrogen-bond acceptors (Lipinski definition) is 4. The van der Waals surface area contributed by atoms with E-state index in [1.807, 2.05) is 38.5 Å². The molecule has 2 aromatic carbocycles. The van der Waals surface area contributed by atoms with Crippen molar-refractivity contribution in [2.75, 3.05) is 11.4 Å². The van der Waals surface area contributed by atoms with Crippen molar-refractivity contribution in [3.05, 3.63) is 89.0 Å². The van der Waals surface area contributed by atoms with Gasteiger partial charge in [-0.1, -0.05) is 35.9 Å². The maximum absolute atomic E-state index is 14.3. The van der Waals surface area contributed by atoms with Gasteiger partial charge in [0, 0.05) is 30.2 Å². The van der Waals surface area contributed by atoms with Crippen molar-refractivity contribution in [2.45, 2.75) is 52.2 Å². The molecule has 0 N–H and O–H groups in total. The van der Waals surface area contributed by atoms with E-state index in [1.54, 1.807) is 0 Å². The molecule has 1 aliphatic heterocycles. The van der Waals surface area contributed by atoms with Gasteiger partial charge < -0.3 is 4.90 Å². The van der Waals surface area contributed by atoms with Crippen molar-refractivity contribution in [2.24, 2.45) is 0 Å². The van der Waals surface area contributed by atoms with Crippen LogP contribution in [0.4, 0.5) is 15.3 Å². The highest BCUT2D eigenvalue weighted by molar-refractivity contribution is 7.95. The summed E-state index contributed by atoms with van der Waals surface area (Å²) in [5, 5.41) is 0. The van der Waals surface area contributed by atoms with Crippen LogP contribution in [0.2, 0.25) is 0 Å². The molecule has 35 heavy (non-hydrogen) atoms. The maximum Gasteiger partial charge on any atom is 0.146 e. The Hall–Kier alpha value is -3.12. The van der Waals surface area contributed by atoms with Gasteiger partial charge in [0.1, 0.15) is 5.82 Å². The summed E-state index contributed by atoms with van der Waals surface area (Å²) >= 11 is 0.336. The lowest BCUT2D eigenvalue weighted by Crippen LogP contribution is -2.27. The zero-order valence-electron chi connectivity index (χ0n) is 21.0.